The maximum atomic E-state index is 12.3. The largest absolute Gasteiger partial charge is 0.534 e. The molecule has 0 saturated carbocycles. The minimum absolute atomic E-state index is 0.457. The number of alkyl halides is 3. The Balaban J connectivity index is 2.31. The molecule has 2 rings (SSSR count). The van der Waals surface area contributed by atoms with Gasteiger partial charge in [-0.05, 0) is 36.4 Å². The van der Waals surface area contributed by atoms with Crippen LogP contribution in [-0.2, 0) is 10.1 Å². The van der Waals surface area contributed by atoms with Gasteiger partial charge in [-0.25, -0.2) is 0 Å². The van der Waals surface area contributed by atoms with Crippen LogP contribution in [0.25, 0.3) is 0 Å². The van der Waals surface area contributed by atoms with E-state index in [1.165, 1.54) is 12.1 Å². The van der Waals surface area contributed by atoms with E-state index in [0.29, 0.717) is 21.9 Å². The van der Waals surface area contributed by atoms with E-state index < -0.39 is 21.4 Å². The van der Waals surface area contributed by atoms with E-state index in [1.54, 1.807) is 31.3 Å². The number of nitrogens with zero attached hydrogens (tertiary/aromatic N) is 1. The van der Waals surface area contributed by atoms with Crippen LogP contribution < -0.4 is 9.61 Å². The topological polar surface area (TPSA) is 67.8 Å². The number of halogens is 4. The molecule has 0 unspecified atom stereocenters. The third-order valence-electron chi connectivity index (χ3n) is 2.96. The van der Waals surface area contributed by atoms with Crippen LogP contribution in [0.15, 0.2) is 53.6 Å². The Bertz CT molecular complexity index is 864. The molecule has 0 spiro atoms. The van der Waals surface area contributed by atoms with Gasteiger partial charge >= 0.3 is 15.6 Å². The molecule has 0 amide bonds. The molecule has 1 N–H and O–H groups in total. The van der Waals surface area contributed by atoms with Gasteiger partial charge in [-0.3, -0.25) is 0 Å². The van der Waals surface area contributed by atoms with E-state index in [0.717, 1.165) is 12.1 Å². The number of hydrazone groups is 1. The minimum Gasteiger partial charge on any atom is -0.376 e. The number of hydrogen-bond donors (Lipinski definition) is 1. The van der Waals surface area contributed by atoms with Gasteiger partial charge in [0.15, 0.2) is 0 Å². The third-order valence-corrected chi connectivity index (χ3v) is 4.19. The van der Waals surface area contributed by atoms with Crippen LogP contribution in [0.2, 0.25) is 5.02 Å². The number of benzene rings is 2. The van der Waals surface area contributed by atoms with E-state index in [4.69, 9.17) is 11.6 Å². The predicted octanol–water partition coefficient (Wildman–Crippen LogP) is 3.54. The summed E-state index contributed by atoms with van der Waals surface area (Å²) in [5.41, 5.74) is -1.13. The molecule has 0 aromatic heterocycles. The highest BCUT2D eigenvalue weighted by Gasteiger charge is 2.48. The molecule has 0 saturated heterocycles. The molecular formula is C15H12ClF3N2O3S. The molecule has 0 heterocycles. The fourth-order valence-electron chi connectivity index (χ4n) is 1.86. The Kier molecular flexibility index (Phi) is 5.58. The van der Waals surface area contributed by atoms with Crippen molar-refractivity contribution in [2.45, 2.75) is 5.51 Å². The summed E-state index contributed by atoms with van der Waals surface area (Å²) in [6, 6.07) is 11.8. The van der Waals surface area contributed by atoms with Crippen LogP contribution in [0.3, 0.4) is 0 Å². The zero-order valence-corrected chi connectivity index (χ0v) is 14.3. The zero-order chi connectivity index (χ0) is 18.7. The van der Waals surface area contributed by atoms with Gasteiger partial charge in [0.05, 0.1) is 5.71 Å². The highest BCUT2D eigenvalue weighted by atomic mass is 35.5. The second kappa shape index (κ2) is 7.32. The zero-order valence-electron chi connectivity index (χ0n) is 12.7. The van der Waals surface area contributed by atoms with Gasteiger partial charge in [0.2, 0.25) is 0 Å². The first-order valence-electron chi connectivity index (χ1n) is 6.75. The lowest BCUT2D eigenvalue weighted by Crippen LogP contribution is -2.28. The van der Waals surface area contributed by atoms with Crippen molar-refractivity contribution < 1.29 is 25.8 Å². The van der Waals surface area contributed by atoms with Crippen molar-refractivity contribution in [3.63, 3.8) is 0 Å². The van der Waals surface area contributed by atoms with Crippen LogP contribution in [0.5, 0.6) is 5.75 Å². The summed E-state index contributed by atoms with van der Waals surface area (Å²) in [5, 5.41) is 4.66. The molecule has 10 heteroatoms. The lowest BCUT2D eigenvalue weighted by Gasteiger charge is -2.11. The number of rotatable bonds is 5. The van der Waals surface area contributed by atoms with Crippen molar-refractivity contribution >= 4 is 27.4 Å². The smallest absolute Gasteiger partial charge is 0.376 e. The van der Waals surface area contributed by atoms with Gasteiger partial charge in [-0.1, -0.05) is 23.7 Å². The molecule has 0 aliphatic carbocycles. The van der Waals surface area contributed by atoms with Crippen LogP contribution in [-0.4, -0.2) is 26.7 Å². The van der Waals surface area contributed by atoms with Gasteiger partial charge in [0.1, 0.15) is 5.75 Å². The Hall–Kier alpha value is -2.26. The fourth-order valence-corrected chi connectivity index (χ4v) is 2.44. The van der Waals surface area contributed by atoms with E-state index in [1.807, 2.05) is 0 Å². The molecule has 2 aromatic rings. The minimum atomic E-state index is -5.71. The van der Waals surface area contributed by atoms with E-state index in [9.17, 15) is 21.6 Å². The standard InChI is InChI=1S/C15H12ClF3N2O3S/c1-20-21-14(10-2-6-12(16)7-3-10)11-4-8-13(9-5-11)24-25(22,23)15(17,18)19/h2-9,20H,1H3. The maximum Gasteiger partial charge on any atom is 0.534 e. The molecule has 0 fully saturated rings. The normalized spacial score (nSPS) is 12.8. The third kappa shape index (κ3) is 4.64. The first-order valence-corrected chi connectivity index (χ1v) is 8.54. The van der Waals surface area contributed by atoms with Crippen molar-refractivity contribution in [3.05, 3.63) is 64.7 Å². The van der Waals surface area contributed by atoms with E-state index >= 15 is 0 Å². The first kappa shape index (κ1) is 19.1. The second-order valence-corrected chi connectivity index (χ2v) is 6.67. The molecule has 0 bridgehead atoms. The Morgan fingerprint density at radius 1 is 1.04 bits per heavy atom. The average Bonchev–Trinajstić information content (AvgIpc) is 2.53. The van der Waals surface area contributed by atoms with Crippen molar-refractivity contribution in [1.29, 1.82) is 0 Å². The fraction of sp³-hybridized carbons (Fsp3) is 0.133. The highest BCUT2D eigenvalue weighted by Crippen LogP contribution is 2.27. The van der Waals surface area contributed by atoms with Crippen LogP contribution >= 0.6 is 11.6 Å². The summed E-state index contributed by atoms with van der Waals surface area (Å²) in [6.45, 7) is 0. The lowest BCUT2D eigenvalue weighted by atomic mass is 10.0. The predicted molar refractivity (Wildman–Crippen MR) is 88.2 cm³/mol. The first-order chi connectivity index (χ1) is 11.6. The van der Waals surface area contributed by atoms with E-state index in [2.05, 4.69) is 14.7 Å². The molecule has 0 aliphatic rings. The quantitative estimate of drug-likeness (QED) is 0.366. The van der Waals surface area contributed by atoms with Gasteiger partial charge in [-0.2, -0.15) is 26.7 Å². The number of hydrogen-bond acceptors (Lipinski definition) is 5. The van der Waals surface area contributed by atoms with Crippen LogP contribution in [0.1, 0.15) is 11.1 Å². The van der Waals surface area contributed by atoms with Gasteiger partial charge in [-0.15, -0.1) is 0 Å². The molecule has 5 nitrogen and oxygen atoms in total. The molecule has 2 aromatic carbocycles. The summed E-state index contributed by atoms with van der Waals surface area (Å²) in [4.78, 5) is 0. The highest BCUT2D eigenvalue weighted by molar-refractivity contribution is 7.88. The van der Waals surface area contributed by atoms with Crippen molar-refractivity contribution in [3.8, 4) is 5.75 Å². The lowest BCUT2D eigenvalue weighted by molar-refractivity contribution is -0.0500. The van der Waals surface area contributed by atoms with E-state index in [-0.39, 0.29) is 0 Å². The summed E-state index contributed by atoms with van der Waals surface area (Å²) >= 11 is 5.84. The molecule has 134 valence electrons. The molecule has 25 heavy (non-hydrogen) atoms. The van der Waals surface area contributed by atoms with Crippen LogP contribution in [0, 0.1) is 0 Å². The average molecular weight is 393 g/mol. The Labute approximate surface area is 147 Å². The Morgan fingerprint density at radius 2 is 1.52 bits per heavy atom. The van der Waals surface area contributed by atoms with Crippen molar-refractivity contribution in [2.24, 2.45) is 5.10 Å². The van der Waals surface area contributed by atoms with Crippen molar-refractivity contribution in [2.75, 3.05) is 7.05 Å². The Morgan fingerprint density at radius 3 is 1.96 bits per heavy atom. The maximum absolute atomic E-state index is 12.3. The van der Waals surface area contributed by atoms with Crippen molar-refractivity contribution in [1.82, 2.24) is 5.43 Å². The monoisotopic (exact) mass is 392 g/mol. The second-order valence-electron chi connectivity index (χ2n) is 4.70. The van der Waals surface area contributed by atoms with Crippen LogP contribution in [0.4, 0.5) is 13.2 Å². The SMILES string of the molecule is CNN=C(c1ccc(Cl)cc1)c1ccc(OS(=O)(=O)C(F)(F)F)cc1. The molecule has 0 radical (unpaired) electrons. The number of nitrogens with one attached hydrogen (secondary N) is 1. The summed E-state index contributed by atoms with van der Waals surface area (Å²) in [6.07, 6.45) is 0. The summed E-state index contributed by atoms with van der Waals surface area (Å²) in [5.74, 6) is -0.457. The molecular weight excluding hydrogens is 381 g/mol. The summed E-state index contributed by atoms with van der Waals surface area (Å²) in [7, 11) is -4.12. The molecule has 0 aliphatic heterocycles. The summed E-state index contributed by atoms with van der Waals surface area (Å²) < 4.78 is 63.1. The van der Waals surface area contributed by atoms with Gasteiger partial charge < -0.3 is 9.61 Å². The molecule has 0 atom stereocenters. The van der Waals surface area contributed by atoms with Gasteiger partial charge in [0.25, 0.3) is 0 Å². The van der Waals surface area contributed by atoms with Gasteiger partial charge in [0, 0.05) is 23.2 Å².